The lowest BCUT2D eigenvalue weighted by Crippen LogP contribution is -1.88. The summed E-state index contributed by atoms with van der Waals surface area (Å²) in [5.74, 6) is 0.431. The highest BCUT2D eigenvalue weighted by molar-refractivity contribution is 5.75. The first-order valence-corrected chi connectivity index (χ1v) is 5.72. The Morgan fingerprint density at radius 1 is 1.29 bits per heavy atom. The fraction of sp³-hybridized carbons (Fsp3) is 0.214. The third kappa shape index (κ3) is 2.16. The van der Waals surface area contributed by atoms with Gasteiger partial charge in [0.25, 0.3) is 0 Å². The number of aromatic amines is 1. The maximum atomic E-state index is 9.04. The molecule has 1 heterocycles. The molecule has 0 bridgehead atoms. The molecule has 3 N–H and O–H groups in total. The van der Waals surface area contributed by atoms with Crippen LogP contribution in [0, 0.1) is 11.3 Å². The number of nitrogen functional groups attached to an aromatic ring is 1. The fourth-order valence-electron chi connectivity index (χ4n) is 1.93. The van der Waals surface area contributed by atoms with Gasteiger partial charge >= 0.3 is 0 Å². The van der Waals surface area contributed by atoms with E-state index in [4.69, 9.17) is 11.0 Å². The quantitative estimate of drug-likeness (QED) is 0.843. The number of benzene rings is 1. The van der Waals surface area contributed by atoms with Crippen molar-refractivity contribution in [1.29, 1.82) is 5.26 Å². The largest absolute Gasteiger partial charge is 0.384 e. The summed E-state index contributed by atoms with van der Waals surface area (Å²) in [5.41, 5.74) is 9.42. The van der Waals surface area contributed by atoms with E-state index in [1.54, 1.807) is 6.20 Å². The lowest BCUT2D eigenvalue weighted by atomic mass is 10.0. The van der Waals surface area contributed by atoms with Crippen molar-refractivity contribution < 1.29 is 0 Å². The van der Waals surface area contributed by atoms with Crippen molar-refractivity contribution in [2.75, 3.05) is 5.73 Å². The molecule has 0 spiro atoms. The molecule has 3 nitrogen and oxygen atoms in total. The maximum absolute atomic E-state index is 9.04. The molecule has 0 saturated carbocycles. The lowest BCUT2D eigenvalue weighted by molar-refractivity contribution is 0.922. The van der Waals surface area contributed by atoms with Gasteiger partial charge in [-0.3, -0.25) is 0 Å². The first kappa shape index (κ1) is 11.3. The van der Waals surface area contributed by atoms with Crippen LogP contribution in [0.15, 0.2) is 30.5 Å². The van der Waals surface area contributed by atoms with Crippen LogP contribution in [0.4, 0.5) is 5.82 Å². The molecule has 3 heteroatoms. The van der Waals surface area contributed by atoms with Gasteiger partial charge in [0, 0.05) is 11.8 Å². The van der Waals surface area contributed by atoms with Crippen LogP contribution < -0.4 is 5.73 Å². The third-order valence-corrected chi connectivity index (χ3v) is 2.83. The smallest absolute Gasteiger partial charge is 0.119 e. The monoisotopic (exact) mass is 225 g/mol. The number of nitrogens with zero attached hydrogens (tertiary/aromatic N) is 1. The summed E-state index contributed by atoms with van der Waals surface area (Å²) in [7, 11) is 0. The van der Waals surface area contributed by atoms with E-state index in [-0.39, 0.29) is 0 Å². The highest BCUT2D eigenvalue weighted by Gasteiger charge is 2.09. The number of nitrogens with one attached hydrogen (secondary N) is 1. The van der Waals surface area contributed by atoms with Gasteiger partial charge in [0.05, 0.1) is 0 Å². The van der Waals surface area contributed by atoms with Crippen molar-refractivity contribution >= 4 is 5.82 Å². The van der Waals surface area contributed by atoms with Crippen molar-refractivity contribution in [2.24, 2.45) is 0 Å². The van der Waals surface area contributed by atoms with Crippen LogP contribution in [-0.2, 0) is 6.42 Å². The Kier molecular flexibility index (Phi) is 3.15. The summed E-state index contributed by atoms with van der Waals surface area (Å²) < 4.78 is 0. The maximum Gasteiger partial charge on any atom is 0.119 e. The molecule has 0 aliphatic rings. The second-order valence-corrected chi connectivity index (χ2v) is 4.05. The standard InChI is InChI=1S/C14H15N3/c1-2-3-10-4-6-11(7-5-10)13-9-17-14(16)12(13)8-15/h4-7,9,17H,2-3,16H2,1H3. The van der Waals surface area contributed by atoms with Gasteiger partial charge in [0.15, 0.2) is 0 Å². The summed E-state index contributed by atoms with van der Waals surface area (Å²) in [6.07, 6.45) is 4.00. The molecule has 17 heavy (non-hydrogen) atoms. The molecule has 0 saturated heterocycles. The van der Waals surface area contributed by atoms with Gasteiger partial charge in [-0.05, 0) is 17.5 Å². The van der Waals surface area contributed by atoms with Gasteiger partial charge in [0.2, 0.25) is 0 Å². The molecule has 0 fully saturated rings. The molecule has 0 unspecified atom stereocenters. The molecule has 1 aromatic carbocycles. The Morgan fingerprint density at radius 2 is 2.00 bits per heavy atom. The van der Waals surface area contributed by atoms with Crippen LogP contribution in [0.5, 0.6) is 0 Å². The Morgan fingerprint density at radius 3 is 2.59 bits per heavy atom. The topological polar surface area (TPSA) is 65.6 Å². The van der Waals surface area contributed by atoms with Crippen LogP contribution in [0.1, 0.15) is 24.5 Å². The van der Waals surface area contributed by atoms with Crippen molar-refractivity contribution in [1.82, 2.24) is 4.98 Å². The van der Waals surface area contributed by atoms with E-state index >= 15 is 0 Å². The van der Waals surface area contributed by atoms with Crippen LogP contribution in [-0.4, -0.2) is 4.98 Å². The third-order valence-electron chi connectivity index (χ3n) is 2.83. The number of nitriles is 1. The molecule has 0 aliphatic carbocycles. The fourth-order valence-corrected chi connectivity index (χ4v) is 1.93. The Hall–Kier alpha value is -2.21. The zero-order valence-corrected chi connectivity index (χ0v) is 9.83. The van der Waals surface area contributed by atoms with Gasteiger partial charge in [-0.15, -0.1) is 0 Å². The van der Waals surface area contributed by atoms with Crippen molar-refractivity contribution in [3.05, 3.63) is 41.6 Å². The summed E-state index contributed by atoms with van der Waals surface area (Å²) >= 11 is 0. The van der Waals surface area contributed by atoms with Crippen LogP contribution >= 0.6 is 0 Å². The van der Waals surface area contributed by atoms with E-state index in [9.17, 15) is 0 Å². The van der Waals surface area contributed by atoms with E-state index in [1.165, 1.54) is 5.56 Å². The number of H-pyrrole nitrogens is 1. The predicted molar refractivity (Wildman–Crippen MR) is 69.4 cm³/mol. The number of hydrogen-bond acceptors (Lipinski definition) is 2. The zero-order chi connectivity index (χ0) is 12.3. The number of aromatic nitrogens is 1. The first-order chi connectivity index (χ1) is 8.26. The predicted octanol–water partition coefficient (Wildman–Crippen LogP) is 3.09. The van der Waals surface area contributed by atoms with E-state index in [2.05, 4.69) is 30.1 Å². The molecule has 0 atom stereocenters. The molecule has 1 aromatic heterocycles. The molecular formula is C14H15N3. The van der Waals surface area contributed by atoms with Crippen LogP contribution in [0.2, 0.25) is 0 Å². The average molecular weight is 225 g/mol. The molecule has 86 valence electrons. The minimum Gasteiger partial charge on any atom is -0.384 e. The number of aryl methyl sites for hydroxylation is 1. The van der Waals surface area contributed by atoms with E-state index in [0.717, 1.165) is 24.0 Å². The normalized spacial score (nSPS) is 10.1. The van der Waals surface area contributed by atoms with Crippen molar-refractivity contribution in [2.45, 2.75) is 19.8 Å². The van der Waals surface area contributed by atoms with Gasteiger partial charge in [-0.1, -0.05) is 37.6 Å². The van der Waals surface area contributed by atoms with Gasteiger partial charge in [0.1, 0.15) is 17.5 Å². The zero-order valence-electron chi connectivity index (χ0n) is 9.83. The van der Waals surface area contributed by atoms with Gasteiger partial charge in [-0.25, -0.2) is 0 Å². The van der Waals surface area contributed by atoms with E-state index < -0.39 is 0 Å². The highest BCUT2D eigenvalue weighted by Crippen LogP contribution is 2.27. The highest BCUT2D eigenvalue weighted by atomic mass is 14.8. The molecule has 0 aliphatic heterocycles. The Bertz CT molecular complexity index is 544. The molecule has 0 radical (unpaired) electrons. The van der Waals surface area contributed by atoms with Crippen LogP contribution in [0.25, 0.3) is 11.1 Å². The lowest BCUT2D eigenvalue weighted by Gasteiger charge is -2.02. The van der Waals surface area contributed by atoms with Crippen LogP contribution in [0.3, 0.4) is 0 Å². The van der Waals surface area contributed by atoms with Crippen molar-refractivity contribution in [3.63, 3.8) is 0 Å². The minimum atomic E-state index is 0.431. The Balaban J connectivity index is 2.37. The number of anilines is 1. The SMILES string of the molecule is CCCc1ccc(-c2c[nH]c(N)c2C#N)cc1. The minimum absolute atomic E-state index is 0.431. The average Bonchev–Trinajstić information content (AvgIpc) is 2.72. The number of hydrogen-bond donors (Lipinski definition) is 2. The summed E-state index contributed by atoms with van der Waals surface area (Å²) in [5, 5.41) is 9.04. The van der Waals surface area contributed by atoms with Crippen molar-refractivity contribution in [3.8, 4) is 17.2 Å². The first-order valence-electron chi connectivity index (χ1n) is 5.72. The molecular weight excluding hydrogens is 210 g/mol. The Labute approximate surface area is 101 Å². The molecule has 0 amide bonds. The van der Waals surface area contributed by atoms with E-state index in [1.807, 2.05) is 12.1 Å². The summed E-state index contributed by atoms with van der Waals surface area (Å²) in [6.45, 7) is 2.16. The summed E-state index contributed by atoms with van der Waals surface area (Å²) in [6, 6.07) is 10.4. The summed E-state index contributed by atoms with van der Waals surface area (Å²) in [4.78, 5) is 2.88. The second kappa shape index (κ2) is 4.75. The van der Waals surface area contributed by atoms with E-state index in [0.29, 0.717) is 11.4 Å². The number of rotatable bonds is 3. The second-order valence-electron chi connectivity index (χ2n) is 4.05. The molecule has 2 aromatic rings. The molecule has 2 rings (SSSR count). The van der Waals surface area contributed by atoms with Gasteiger partial charge < -0.3 is 10.7 Å². The number of nitrogens with two attached hydrogens (primary N) is 1. The van der Waals surface area contributed by atoms with Gasteiger partial charge in [-0.2, -0.15) is 5.26 Å².